The maximum atomic E-state index is 13.0. The van der Waals surface area contributed by atoms with Crippen LogP contribution in [0, 0.1) is 0 Å². The molecule has 0 aromatic carbocycles. The third kappa shape index (κ3) is 50.7. The van der Waals surface area contributed by atoms with E-state index in [4.69, 9.17) is 9.05 Å². The molecule has 0 spiro atoms. The number of likely N-dealkylation sites (N-methyl/N-ethyl adjacent to an activating group) is 1. The van der Waals surface area contributed by atoms with E-state index in [-0.39, 0.29) is 19.1 Å². The molecule has 0 aliphatic carbocycles. The van der Waals surface area contributed by atoms with Gasteiger partial charge >= 0.3 is 7.82 Å². The fraction of sp³-hybridized carbons (Fsp3) is 0.911. The molecule has 0 aromatic heterocycles. The Hall–Kier alpha value is -1.02. The van der Waals surface area contributed by atoms with Crippen molar-refractivity contribution in [3.8, 4) is 0 Å². The predicted octanol–water partition coefficient (Wildman–Crippen LogP) is 16.8. The minimum Gasteiger partial charge on any atom is -0.387 e. The van der Waals surface area contributed by atoms with E-state index in [0.717, 1.165) is 38.5 Å². The second kappa shape index (κ2) is 48.0. The second-order valence-electron chi connectivity index (χ2n) is 20.7. The molecule has 0 aliphatic rings. The van der Waals surface area contributed by atoms with E-state index in [1.807, 2.05) is 27.2 Å². The van der Waals surface area contributed by atoms with Gasteiger partial charge in [-0.1, -0.05) is 250 Å². The first-order valence-corrected chi connectivity index (χ1v) is 29.7. The van der Waals surface area contributed by atoms with Gasteiger partial charge in [0.15, 0.2) is 0 Å². The molecule has 0 radical (unpaired) electrons. The number of phosphoric acid groups is 1. The van der Waals surface area contributed by atoms with Gasteiger partial charge in [-0.05, 0) is 44.9 Å². The lowest BCUT2D eigenvalue weighted by atomic mass is 10.0. The summed E-state index contributed by atoms with van der Waals surface area (Å²) in [5.41, 5.74) is 0. The predicted molar refractivity (Wildman–Crippen MR) is 281 cm³/mol. The number of aliphatic hydroxyl groups is 1. The van der Waals surface area contributed by atoms with Crippen molar-refractivity contribution in [3.63, 3.8) is 0 Å². The van der Waals surface area contributed by atoms with Crippen molar-refractivity contribution in [1.29, 1.82) is 0 Å². The maximum absolute atomic E-state index is 13.0. The van der Waals surface area contributed by atoms with E-state index < -0.39 is 20.0 Å². The van der Waals surface area contributed by atoms with Crippen molar-refractivity contribution in [3.05, 3.63) is 24.3 Å². The Morgan fingerprint density at radius 3 is 1.18 bits per heavy atom. The van der Waals surface area contributed by atoms with Crippen LogP contribution in [0.15, 0.2) is 24.3 Å². The summed E-state index contributed by atoms with van der Waals surface area (Å²) in [6.07, 6.45) is 59.8. The largest absolute Gasteiger partial charge is 0.472 e. The quantitative estimate of drug-likeness (QED) is 0.0243. The van der Waals surface area contributed by atoms with E-state index in [1.54, 1.807) is 6.08 Å². The van der Waals surface area contributed by atoms with Gasteiger partial charge in [0.05, 0.1) is 39.9 Å². The first-order chi connectivity index (χ1) is 31.5. The van der Waals surface area contributed by atoms with Gasteiger partial charge in [0.25, 0.3) is 0 Å². The highest BCUT2D eigenvalue weighted by atomic mass is 31.2. The first kappa shape index (κ1) is 64.0. The molecule has 1 amide bonds. The van der Waals surface area contributed by atoms with Gasteiger partial charge in [-0.15, -0.1) is 0 Å². The van der Waals surface area contributed by atoms with E-state index >= 15 is 0 Å². The third-order valence-electron chi connectivity index (χ3n) is 12.9. The van der Waals surface area contributed by atoms with Crippen molar-refractivity contribution < 1.29 is 32.9 Å². The molecule has 0 heterocycles. The van der Waals surface area contributed by atoms with Crippen LogP contribution in [0.3, 0.4) is 0 Å². The average molecular weight is 940 g/mol. The number of rotatable bonds is 52. The normalized spacial score (nSPS) is 14.1. The minimum absolute atomic E-state index is 0.0625. The molecule has 0 aromatic rings. The van der Waals surface area contributed by atoms with Crippen molar-refractivity contribution in [2.24, 2.45) is 0 Å². The molecule has 0 fully saturated rings. The molecule has 0 saturated heterocycles. The van der Waals surface area contributed by atoms with Crippen LogP contribution in [0.25, 0.3) is 0 Å². The number of hydrogen-bond acceptors (Lipinski definition) is 5. The Morgan fingerprint density at radius 1 is 0.508 bits per heavy atom. The number of hydrogen-bond donors (Lipinski definition) is 3. The summed E-state index contributed by atoms with van der Waals surface area (Å²) in [5.74, 6) is -0.176. The Labute approximate surface area is 404 Å². The number of unbranched alkanes of at least 4 members (excludes halogenated alkanes) is 37. The summed E-state index contributed by atoms with van der Waals surface area (Å²) < 4.78 is 23.7. The van der Waals surface area contributed by atoms with Crippen LogP contribution in [-0.4, -0.2) is 73.4 Å². The zero-order valence-corrected chi connectivity index (χ0v) is 44.9. The van der Waals surface area contributed by atoms with Crippen LogP contribution in [-0.2, 0) is 18.4 Å². The molecule has 65 heavy (non-hydrogen) atoms. The molecule has 3 atom stereocenters. The van der Waals surface area contributed by atoms with Gasteiger partial charge in [0.1, 0.15) is 13.2 Å². The van der Waals surface area contributed by atoms with E-state index in [0.29, 0.717) is 17.4 Å². The van der Waals surface area contributed by atoms with E-state index in [9.17, 15) is 19.4 Å². The summed E-state index contributed by atoms with van der Waals surface area (Å²) >= 11 is 0. The fourth-order valence-corrected chi connectivity index (χ4v) is 9.19. The molecule has 0 saturated carbocycles. The van der Waals surface area contributed by atoms with Gasteiger partial charge < -0.3 is 19.8 Å². The van der Waals surface area contributed by atoms with E-state index in [1.165, 1.54) is 218 Å². The van der Waals surface area contributed by atoms with Crippen LogP contribution in [0.4, 0.5) is 0 Å². The molecule has 9 heteroatoms. The van der Waals surface area contributed by atoms with E-state index in [2.05, 4.69) is 31.3 Å². The molecule has 3 unspecified atom stereocenters. The summed E-state index contributed by atoms with van der Waals surface area (Å²) in [5, 5.41) is 13.9. The van der Waals surface area contributed by atoms with Crippen LogP contribution in [0.1, 0.15) is 277 Å². The SMILES string of the molecule is CCCCCCCCCCCCCC/C=C\CCCCCCCCCCC(=O)NC(COP(=O)(O)OCC[N+](C)(C)C)C(O)/C=C/CCCCCCCCCCCCCCCCCCC. The molecule has 386 valence electrons. The number of carbonyl (C=O) groups excluding carboxylic acids is 1. The standard InChI is InChI=1S/C56H111N2O6P/c1-6-8-10-12-14-16-18-20-22-24-26-27-28-29-30-32-34-36-38-40-42-44-46-48-50-56(60)57-54(53-64-65(61,62)63-52-51-58(3,4)5)55(59)49-47-45-43-41-39-37-35-33-31-25-23-21-19-17-15-13-11-9-7-2/h29-30,47,49,54-55,59H,6-28,31-46,48,50-53H2,1-5H3,(H-,57,60,61,62)/p+1/b30-29-,49-47+. The highest BCUT2D eigenvalue weighted by molar-refractivity contribution is 7.47. The average Bonchev–Trinajstić information content (AvgIpc) is 3.26. The zero-order valence-electron chi connectivity index (χ0n) is 44.0. The minimum atomic E-state index is -4.34. The molecule has 3 N–H and O–H groups in total. The van der Waals surface area contributed by atoms with Gasteiger partial charge in [-0.2, -0.15) is 0 Å². The molecule has 0 aliphatic heterocycles. The summed E-state index contributed by atoms with van der Waals surface area (Å²) in [6.45, 7) is 4.85. The zero-order chi connectivity index (χ0) is 47.8. The lowest BCUT2D eigenvalue weighted by Crippen LogP contribution is -2.45. The number of amides is 1. The molecule has 0 rings (SSSR count). The Balaban J connectivity index is 4.22. The highest BCUT2D eigenvalue weighted by Gasteiger charge is 2.27. The van der Waals surface area contributed by atoms with Gasteiger partial charge in [-0.25, -0.2) is 4.57 Å². The summed E-state index contributed by atoms with van der Waals surface area (Å²) in [6, 6.07) is -0.846. The molecular formula is C56H112N2O6P+. The molecular weight excluding hydrogens is 828 g/mol. The molecule has 0 bridgehead atoms. The van der Waals surface area contributed by atoms with Crippen LogP contribution < -0.4 is 5.32 Å². The topological polar surface area (TPSA) is 105 Å². The highest BCUT2D eigenvalue weighted by Crippen LogP contribution is 2.43. The van der Waals surface area contributed by atoms with Crippen molar-refractivity contribution in [1.82, 2.24) is 5.32 Å². The maximum Gasteiger partial charge on any atom is 0.472 e. The number of quaternary nitrogens is 1. The van der Waals surface area contributed by atoms with Crippen LogP contribution in [0.5, 0.6) is 0 Å². The van der Waals surface area contributed by atoms with Crippen LogP contribution >= 0.6 is 7.82 Å². The smallest absolute Gasteiger partial charge is 0.387 e. The van der Waals surface area contributed by atoms with Gasteiger partial charge in [0.2, 0.25) is 5.91 Å². The Morgan fingerprint density at radius 2 is 0.831 bits per heavy atom. The van der Waals surface area contributed by atoms with Gasteiger partial charge in [-0.3, -0.25) is 13.8 Å². The lowest BCUT2D eigenvalue weighted by Gasteiger charge is -2.25. The monoisotopic (exact) mass is 940 g/mol. The number of nitrogens with zero attached hydrogens (tertiary/aromatic N) is 1. The Bertz CT molecular complexity index is 1110. The second-order valence-corrected chi connectivity index (χ2v) is 22.1. The molecule has 8 nitrogen and oxygen atoms in total. The van der Waals surface area contributed by atoms with Crippen molar-refractivity contribution >= 4 is 13.7 Å². The lowest BCUT2D eigenvalue weighted by molar-refractivity contribution is -0.870. The number of carbonyl (C=O) groups is 1. The summed E-state index contributed by atoms with van der Waals surface area (Å²) in [7, 11) is 1.58. The third-order valence-corrected chi connectivity index (χ3v) is 13.9. The number of aliphatic hydroxyl groups excluding tert-OH is 1. The fourth-order valence-electron chi connectivity index (χ4n) is 8.45. The number of nitrogens with one attached hydrogen (secondary N) is 1. The summed E-state index contributed by atoms with van der Waals surface area (Å²) in [4.78, 5) is 23.3. The Kier molecular flexibility index (Phi) is 47.3. The van der Waals surface area contributed by atoms with Crippen LogP contribution in [0.2, 0.25) is 0 Å². The van der Waals surface area contributed by atoms with Crippen molar-refractivity contribution in [2.75, 3.05) is 40.9 Å². The first-order valence-electron chi connectivity index (χ1n) is 28.2. The van der Waals surface area contributed by atoms with Crippen molar-refractivity contribution in [2.45, 2.75) is 289 Å². The number of allylic oxidation sites excluding steroid dienone is 3. The number of phosphoric ester groups is 1. The van der Waals surface area contributed by atoms with Gasteiger partial charge in [0, 0.05) is 6.42 Å².